The topological polar surface area (TPSA) is 51.6 Å². The molecule has 258 valence electrons. The van der Waals surface area contributed by atoms with Crippen LogP contribution in [0.4, 0.5) is 0 Å². The lowest BCUT2D eigenvalue weighted by Gasteiger charge is -2.15. The van der Waals surface area contributed by atoms with Gasteiger partial charge in [0.15, 0.2) is 17.5 Å². The molecule has 0 saturated heterocycles. The Balaban J connectivity index is 1.21. The monoisotopic (exact) mass is 702 g/mol. The maximum absolute atomic E-state index is 5.14. The number of benzene rings is 8. The zero-order chi connectivity index (χ0) is 36.7. The molecule has 0 radical (unpaired) electrons. The van der Waals surface area contributed by atoms with Crippen LogP contribution in [0.25, 0.3) is 99.9 Å². The van der Waals surface area contributed by atoms with Gasteiger partial charge in [-0.3, -0.25) is 4.98 Å². The van der Waals surface area contributed by atoms with E-state index in [1.165, 1.54) is 32.3 Å². The lowest BCUT2D eigenvalue weighted by atomic mass is 9.90. The summed E-state index contributed by atoms with van der Waals surface area (Å²) in [6.07, 6.45) is 1.87. The van der Waals surface area contributed by atoms with Crippen molar-refractivity contribution in [1.82, 2.24) is 19.9 Å². The lowest BCUT2D eigenvalue weighted by molar-refractivity contribution is 1.07. The number of pyridine rings is 1. The third-order valence-corrected chi connectivity index (χ3v) is 10.4. The van der Waals surface area contributed by atoms with Crippen LogP contribution in [-0.4, -0.2) is 19.9 Å². The van der Waals surface area contributed by atoms with Crippen molar-refractivity contribution in [3.63, 3.8) is 0 Å². The van der Waals surface area contributed by atoms with Crippen LogP contribution in [0.5, 0.6) is 0 Å². The second-order valence-electron chi connectivity index (χ2n) is 14.0. The smallest absolute Gasteiger partial charge is 0.164 e. The third kappa shape index (κ3) is 6.10. The van der Waals surface area contributed by atoms with Gasteiger partial charge in [-0.25, -0.2) is 15.0 Å². The maximum atomic E-state index is 5.14. The molecule has 0 amide bonds. The van der Waals surface area contributed by atoms with E-state index in [1.807, 2.05) is 73.8 Å². The standard InChI is InChI=1S/C51H34N4/c1-33-27-39(25-26-52-33)36-17-12-18-37(28-36)40-29-41(38-23-24-47-45-21-9-8-19-43(45)44-20-10-11-22-46(44)48(47)32-38)31-42(30-40)51-54-49(34-13-4-2-5-14-34)53-50(55-51)35-15-6-3-7-16-35/h2-32H,1H3. The minimum atomic E-state index is 0.619. The Morgan fingerprint density at radius 1 is 0.273 bits per heavy atom. The molecule has 2 heterocycles. The first-order valence-electron chi connectivity index (χ1n) is 18.5. The minimum absolute atomic E-state index is 0.619. The molecule has 8 aromatic carbocycles. The van der Waals surface area contributed by atoms with Gasteiger partial charge in [0.1, 0.15) is 0 Å². The minimum Gasteiger partial charge on any atom is -0.262 e. The van der Waals surface area contributed by atoms with Crippen LogP contribution in [0.2, 0.25) is 0 Å². The van der Waals surface area contributed by atoms with E-state index < -0.39 is 0 Å². The van der Waals surface area contributed by atoms with Crippen molar-refractivity contribution in [1.29, 1.82) is 0 Å². The summed E-state index contributed by atoms with van der Waals surface area (Å²) >= 11 is 0. The van der Waals surface area contributed by atoms with Crippen LogP contribution in [0.1, 0.15) is 5.69 Å². The van der Waals surface area contributed by atoms with E-state index in [0.717, 1.165) is 55.8 Å². The Morgan fingerprint density at radius 2 is 0.673 bits per heavy atom. The highest BCUT2D eigenvalue weighted by atomic mass is 15.0. The van der Waals surface area contributed by atoms with E-state index in [2.05, 4.69) is 126 Å². The zero-order valence-electron chi connectivity index (χ0n) is 30.2. The van der Waals surface area contributed by atoms with E-state index in [4.69, 9.17) is 15.0 Å². The van der Waals surface area contributed by atoms with Gasteiger partial charge in [-0.1, -0.05) is 140 Å². The van der Waals surface area contributed by atoms with Gasteiger partial charge in [0, 0.05) is 28.6 Å². The van der Waals surface area contributed by atoms with Gasteiger partial charge in [-0.2, -0.15) is 0 Å². The predicted molar refractivity (Wildman–Crippen MR) is 227 cm³/mol. The fraction of sp³-hybridized carbons (Fsp3) is 0.0196. The number of hydrogen-bond acceptors (Lipinski definition) is 4. The first kappa shape index (κ1) is 32.4. The van der Waals surface area contributed by atoms with Gasteiger partial charge >= 0.3 is 0 Å². The van der Waals surface area contributed by atoms with E-state index >= 15 is 0 Å². The van der Waals surface area contributed by atoms with Crippen molar-refractivity contribution in [2.75, 3.05) is 0 Å². The summed E-state index contributed by atoms with van der Waals surface area (Å²) in [4.78, 5) is 19.7. The third-order valence-electron chi connectivity index (χ3n) is 10.4. The predicted octanol–water partition coefficient (Wildman–Crippen LogP) is 13.0. The number of hydrogen-bond donors (Lipinski definition) is 0. The largest absolute Gasteiger partial charge is 0.262 e. The fourth-order valence-corrected chi connectivity index (χ4v) is 7.72. The van der Waals surface area contributed by atoms with Crippen molar-refractivity contribution in [2.45, 2.75) is 6.92 Å². The van der Waals surface area contributed by atoms with Crippen LogP contribution in [0, 0.1) is 6.92 Å². The Morgan fingerprint density at radius 3 is 1.24 bits per heavy atom. The maximum Gasteiger partial charge on any atom is 0.164 e. The first-order chi connectivity index (χ1) is 27.1. The van der Waals surface area contributed by atoms with E-state index in [-0.39, 0.29) is 0 Å². The normalized spacial score (nSPS) is 11.4. The first-order valence-corrected chi connectivity index (χ1v) is 18.5. The summed E-state index contributed by atoms with van der Waals surface area (Å²) in [5.41, 5.74) is 10.4. The fourth-order valence-electron chi connectivity index (χ4n) is 7.72. The molecule has 10 aromatic rings. The van der Waals surface area contributed by atoms with Crippen molar-refractivity contribution < 1.29 is 0 Å². The van der Waals surface area contributed by atoms with Crippen molar-refractivity contribution >= 4 is 32.3 Å². The summed E-state index contributed by atoms with van der Waals surface area (Å²) in [5.74, 6) is 1.89. The quantitative estimate of drug-likeness (QED) is 0.162. The van der Waals surface area contributed by atoms with E-state index in [0.29, 0.717) is 17.5 Å². The highest BCUT2D eigenvalue weighted by Gasteiger charge is 2.16. The molecule has 0 unspecified atom stereocenters. The summed E-state index contributed by atoms with van der Waals surface area (Å²) in [5, 5.41) is 7.50. The van der Waals surface area contributed by atoms with Crippen LogP contribution in [-0.2, 0) is 0 Å². The molecular formula is C51H34N4. The molecule has 55 heavy (non-hydrogen) atoms. The average Bonchev–Trinajstić information content (AvgIpc) is 3.26. The van der Waals surface area contributed by atoms with Gasteiger partial charge in [0.25, 0.3) is 0 Å². The van der Waals surface area contributed by atoms with Gasteiger partial charge in [-0.05, 0) is 115 Å². The number of rotatable bonds is 6. The molecule has 4 heteroatoms. The Labute approximate surface area is 319 Å². The molecular weight excluding hydrogens is 669 g/mol. The highest BCUT2D eigenvalue weighted by Crippen LogP contribution is 2.39. The molecule has 0 fully saturated rings. The Kier molecular flexibility index (Phi) is 8.00. The summed E-state index contributed by atoms with van der Waals surface area (Å²) in [6, 6.07) is 64.3. The van der Waals surface area contributed by atoms with Crippen molar-refractivity contribution in [2.24, 2.45) is 0 Å². The highest BCUT2D eigenvalue weighted by molar-refractivity contribution is 6.25. The average molecular weight is 703 g/mol. The second kappa shape index (κ2) is 13.6. The number of fused-ring (bicyclic) bond motifs is 6. The van der Waals surface area contributed by atoms with E-state index in [1.54, 1.807) is 0 Å². The van der Waals surface area contributed by atoms with Crippen LogP contribution >= 0.6 is 0 Å². The number of aryl methyl sites for hydroxylation is 1. The van der Waals surface area contributed by atoms with Gasteiger partial charge in [0.05, 0.1) is 0 Å². The molecule has 0 spiro atoms. The van der Waals surface area contributed by atoms with Gasteiger partial charge < -0.3 is 0 Å². The molecule has 0 aliphatic heterocycles. The second-order valence-corrected chi connectivity index (χ2v) is 14.0. The Bertz CT molecular complexity index is 2950. The molecule has 0 aliphatic carbocycles. The molecule has 0 N–H and O–H groups in total. The molecule has 10 rings (SSSR count). The van der Waals surface area contributed by atoms with Crippen molar-refractivity contribution in [3.8, 4) is 67.5 Å². The molecule has 0 bridgehead atoms. The van der Waals surface area contributed by atoms with E-state index in [9.17, 15) is 0 Å². The van der Waals surface area contributed by atoms with Gasteiger partial charge in [-0.15, -0.1) is 0 Å². The molecule has 2 aromatic heterocycles. The molecule has 0 aliphatic rings. The molecule has 4 nitrogen and oxygen atoms in total. The van der Waals surface area contributed by atoms with Gasteiger partial charge in [0.2, 0.25) is 0 Å². The number of nitrogens with zero attached hydrogens (tertiary/aromatic N) is 4. The van der Waals surface area contributed by atoms with Crippen LogP contribution in [0.15, 0.2) is 188 Å². The molecule has 0 atom stereocenters. The molecule has 0 saturated carbocycles. The van der Waals surface area contributed by atoms with Crippen LogP contribution < -0.4 is 0 Å². The SMILES string of the molecule is Cc1cc(-c2cccc(-c3cc(-c4ccc5c6ccccc6c6ccccc6c5c4)cc(-c4nc(-c5ccccc5)nc(-c5ccccc5)n4)c3)c2)ccn1. The summed E-state index contributed by atoms with van der Waals surface area (Å²) in [7, 11) is 0. The zero-order valence-corrected chi connectivity index (χ0v) is 30.2. The van der Waals surface area contributed by atoms with Crippen LogP contribution in [0.3, 0.4) is 0 Å². The lowest BCUT2D eigenvalue weighted by Crippen LogP contribution is -2.00. The Hall–Kier alpha value is -7.30. The summed E-state index contributed by atoms with van der Waals surface area (Å²) in [6.45, 7) is 2.03. The number of aromatic nitrogens is 4. The van der Waals surface area contributed by atoms with Crippen molar-refractivity contribution in [3.05, 3.63) is 194 Å². The summed E-state index contributed by atoms with van der Waals surface area (Å²) < 4.78 is 0.